The molecule has 0 bridgehead atoms. The lowest BCUT2D eigenvalue weighted by atomic mass is 10.00. The Morgan fingerprint density at radius 1 is 1.05 bits per heavy atom. The van der Waals surface area contributed by atoms with E-state index in [9.17, 15) is 0 Å². The molecular formula is C13H23N5S. The Kier molecular flexibility index (Phi) is 4.30. The number of nitrogen functional groups attached to an aromatic ring is 1. The van der Waals surface area contributed by atoms with Gasteiger partial charge in [-0.15, -0.1) is 10.2 Å². The SMILES string of the molecule is Nc1nnc(CN2CCC(N3CCCCC3)CC2)s1. The fourth-order valence-corrected chi connectivity index (χ4v) is 3.90. The highest BCUT2D eigenvalue weighted by atomic mass is 32.1. The van der Waals surface area contributed by atoms with Crippen LogP contribution in [0.25, 0.3) is 0 Å². The molecule has 0 amide bonds. The zero-order chi connectivity index (χ0) is 13.1. The van der Waals surface area contributed by atoms with Crippen LogP contribution >= 0.6 is 11.3 Å². The molecule has 0 saturated carbocycles. The molecule has 0 radical (unpaired) electrons. The first-order chi connectivity index (χ1) is 9.31. The standard InChI is InChI=1S/C13H23N5S/c14-13-16-15-12(19-13)10-17-8-4-11(5-9-17)18-6-2-1-3-7-18/h11H,1-10H2,(H2,14,16). The molecule has 3 rings (SSSR count). The van der Waals surface area contributed by atoms with Gasteiger partial charge in [0.25, 0.3) is 0 Å². The lowest BCUT2D eigenvalue weighted by Gasteiger charge is -2.40. The van der Waals surface area contributed by atoms with Gasteiger partial charge in [0.05, 0.1) is 6.54 Å². The molecule has 2 aliphatic heterocycles. The lowest BCUT2D eigenvalue weighted by molar-refractivity contribution is 0.0895. The van der Waals surface area contributed by atoms with Gasteiger partial charge in [0.2, 0.25) is 5.13 Å². The van der Waals surface area contributed by atoms with Gasteiger partial charge >= 0.3 is 0 Å². The average Bonchev–Trinajstić information content (AvgIpc) is 2.86. The fraction of sp³-hybridized carbons (Fsp3) is 0.846. The molecule has 0 atom stereocenters. The van der Waals surface area contributed by atoms with Crippen LogP contribution in [0.1, 0.15) is 37.1 Å². The van der Waals surface area contributed by atoms with Crippen molar-refractivity contribution >= 4 is 16.5 Å². The van der Waals surface area contributed by atoms with Crippen molar-refractivity contribution < 1.29 is 0 Å². The summed E-state index contributed by atoms with van der Waals surface area (Å²) in [6, 6.07) is 0.816. The minimum absolute atomic E-state index is 0.582. The van der Waals surface area contributed by atoms with E-state index in [1.165, 1.54) is 69.6 Å². The van der Waals surface area contributed by atoms with E-state index in [0.29, 0.717) is 5.13 Å². The van der Waals surface area contributed by atoms with Gasteiger partial charge in [0.15, 0.2) is 0 Å². The molecule has 0 unspecified atom stereocenters. The summed E-state index contributed by atoms with van der Waals surface area (Å²) in [5, 5.41) is 9.62. The van der Waals surface area contributed by atoms with Crippen molar-refractivity contribution in [3.63, 3.8) is 0 Å². The number of nitrogens with zero attached hydrogens (tertiary/aromatic N) is 4. The van der Waals surface area contributed by atoms with Crippen molar-refractivity contribution in [2.24, 2.45) is 0 Å². The summed E-state index contributed by atoms with van der Waals surface area (Å²) >= 11 is 1.51. The van der Waals surface area contributed by atoms with E-state index >= 15 is 0 Å². The second-order valence-electron chi connectivity index (χ2n) is 5.64. The molecule has 2 N–H and O–H groups in total. The summed E-state index contributed by atoms with van der Waals surface area (Å²) in [5.41, 5.74) is 5.62. The number of aromatic nitrogens is 2. The van der Waals surface area contributed by atoms with E-state index in [0.717, 1.165) is 17.6 Å². The summed E-state index contributed by atoms with van der Waals surface area (Å²) in [5.74, 6) is 0. The number of rotatable bonds is 3. The fourth-order valence-electron chi connectivity index (χ4n) is 3.25. The Morgan fingerprint density at radius 3 is 2.42 bits per heavy atom. The van der Waals surface area contributed by atoms with E-state index in [1.54, 1.807) is 0 Å². The highest BCUT2D eigenvalue weighted by molar-refractivity contribution is 7.15. The van der Waals surface area contributed by atoms with E-state index in [1.807, 2.05) is 0 Å². The molecule has 6 heteroatoms. The topological polar surface area (TPSA) is 58.3 Å². The summed E-state index contributed by atoms with van der Waals surface area (Å²) in [4.78, 5) is 5.20. The molecule has 2 saturated heterocycles. The van der Waals surface area contributed by atoms with Crippen molar-refractivity contribution in [2.75, 3.05) is 31.9 Å². The Morgan fingerprint density at radius 2 is 1.79 bits per heavy atom. The summed E-state index contributed by atoms with van der Waals surface area (Å²) in [7, 11) is 0. The molecule has 3 heterocycles. The van der Waals surface area contributed by atoms with Crippen LogP contribution in [0.5, 0.6) is 0 Å². The second-order valence-corrected chi connectivity index (χ2v) is 6.73. The highest BCUT2D eigenvalue weighted by Gasteiger charge is 2.25. The number of nitrogens with two attached hydrogens (primary N) is 1. The van der Waals surface area contributed by atoms with E-state index in [-0.39, 0.29) is 0 Å². The molecule has 19 heavy (non-hydrogen) atoms. The van der Waals surface area contributed by atoms with Crippen LogP contribution in [0.15, 0.2) is 0 Å². The van der Waals surface area contributed by atoms with Crippen LogP contribution in [0.2, 0.25) is 0 Å². The third-order valence-electron chi connectivity index (χ3n) is 4.31. The summed E-state index contributed by atoms with van der Waals surface area (Å²) in [6.07, 6.45) is 6.81. The van der Waals surface area contributed by atoms with Crippen LogP contribution in [-0.4, -0.2) is 52.2 Å². The maximum atomic E-state index is 5.62. The van der Waals surface area contributed by atoms with Crippen molar-refractivity contribution in [2.45, 2.75) is 44.7 Å². The number of anilines is 1. The van der Waals surface area contributed by atoms with Gasteiger partial charge in [0.1, 0.15) is 5.01 Å². The van der Waals surface area contributed by atoms with E-state index < -0.39 is 0 Å². The smallest absolute Gasteiger partial charge is 0.203 e. The maximum Gasteiger partial charge on any atom is 0.203 e. The van der Waals surface area contributed by atoms with Crippen LogP contribution in [-0.2, 0) is 6.54 Å². The summed E-state index contributed by atoms with van der Waals surface area (Å²) in [6.45, 7) is 5.91. The molecule has 2 fully saturated rings. The minimum atomic E-state index is 0.582. The Balaban J connectivity index is 1.46. The molecule has 5 nitrogen and oxygen atoms in total. The van der Waals surface area contributed by atoms with Gasteiger partial charge in [-0.3, -0.25) is 4.90 Å². The third kappa shape index (κ3) is 3.43. The monoisotopic (exact) mass is 281 g/mol. The first kappa shape index (κ1) is 13.3. The quantitative estimate of drug-likeness (QED) is 0.911. The van der Waals surface area contributed by atoms with E-state index in [2.05, 4.69) is 20.0 Å². The van der Waals surface area contributed by atoms with Gasteiger partial charge in [-0.2, -0.15) is 0 Å². The Labute approximate surface area is 118 Å². The number of piperidine rings is 2. The molecule has 2 aliphatic rings. The van der Waals surface area contributed by atoms with Gasteiger partial charge in [-0.25, -0.2) is 0 Å². The lowest BCUT2D eigenvalue weighted by Crippen LogP contribution is -2.46. The minimum Gasteiger partial charge on any atom is -0.374 e. The van der Waals surface area contributed by atoms with Crippen molar-refractivity contribution in [1.29, 1.82) is 0 Å². The number of hydrogen-bond donors (Lipinski definition) is 1. The number of likely N-dealkylation sites (tertiary alicyclic amines) is 2. The van der Waals surface area contributed by atoms with E-state index in [4.69, 9.17) is 5.73 Å². The molecule has 1 aromatic heterocycles. The zero-order valence-electron chi connectivity index (χ0n) is 11.4. The van der Waals surface area contributed by atoms with Crippen LogP contribution < -0.4 is 5.73 Å². The second kappa shape index (κ2) is 6.15. The van der Waals surface area contributed by atoms with Crippen molar-refractivity contribution in [1.82, 2.24) is 20.0 Å². The molecule has 0 spiro atoms. The Bertz CT molecular complexity index is 393. The van der Waals surface area contributed by atoms with Gasteiger partial charge < -0.3 is 10.6 Å². The molecule has 106 valence electrons. The largest absolute Gasteiger partial charge is 0.374 e. The molecular weight excluding hydrogens is 258 g/mol. The molecule has 0 aliphatic carbocycles. The zero-order valence-corrected chi connectivity index (χ0v) is 12.2. The van der Waals surface area contributed by atoms with Gasteiger partial charge in [-0.1, -0.05) is 17.8 Å². The molecule has 0 aromatic carbocycles. The molecule has 1 aromatic rings. The highest BCUT2D eigenvalue weighted by Crippen LogP contribution is 2.22. The summed E-state index contributed by atoms with van der Waals surface area (Å²) < 4.78 is 0. The van der Waals surface area contributed by atoms with Crippen LogP contribution in [0.3, 0.4) is 0 Å². The predicted molar refractivity (Wildman–Crippen MR) is 78.0 cm³/mol. The van der Waals surface area contributed by atoms with Crippen molar-refractivity contribution in [3.8, 4) is 0 Å². The first-order valence-electron chi connectivity index (χ1n) is 7.35. The van der Waals surface area contributed by atoms with Gasteiger partial charge in [-0.05, 0) is 38.8 Å². The van der Waals surface area contributed by atoms with Crippen molar-refractivity contribution in [3.05, 3.63) is 5.01 Å². The van der Waals surface area contributed by atoms with Crippen LogP contribution in [0, 0.1) is 0 Å². The third-order valence-corrected chi connectivity index (χ3v) is 5.04. The predicted octanol–water partition coefficient (Wildman–Crippen LogP) is 1.57. The van der Waals surface area contributed by atoms with Gasteiger partial charge in [0, 0.05) is 19.1 Å². The first-order valence-corrected chi connectivity index (χ1v) is 8.17. The average molecular weight is 281 g/mol. The van der Waals surface area contributed by atoms with Crippen LogP contribution in [0.4, 0.5) is 5.13 Å². The Hall–Kier alpha value is -0.720. The normalized spacial score (nSPS) is 23.8. The maximum absolute atomic E-state index is 5.62. The number of hydrogen-bond acceptors (Lipinski definition) is 6.